The predicted octanol–water partition coefficient (Wildman–Crippen LogP) is 0.833. The molecule has 0 aromatic rings. The van der Waals surface area contributed by atoms with Crippen molar-refractivity contribution in [2.45, 2.75) is 39.2 Å². The van der Waals surface area contributed by atoms with Gasteiger partial charge in [0.25, 0.3) is 0 Å². The molecule has 1 aliphatic rings. The monoisotopic (exact) mass is 241 g/mol. The van der Waals surface area contributed by atoms with Crippen molar-refractivity contribution in [3.8, 4) is 0 Å². The Balaban J connectivity index is 2.18. The quantitative estimate of drug-likeness (QED) is 0.724. The van der Waals surface area contributed by atoms with Crippen molar-refractivity contribution in [3.63, 3.8) is 0 Å². The van der Waals surface area contributed by atoms with Gasteiger partial charge in [-0.05, 0) is 38.4 Å². The number of nitrogens with one attached hydrogen (secondary N) is 2. The lowest BCUT2D eigenvalue weighted by Crippen LogP contribution is -2.48. The molecule has 1 aliphatic heterocycles. The van der Waals surface area contributed by atoms with Crippen molar-refractivity contribution >= 4 is 5.91 Å². The zero-order valence-corrected chi connectivity index (χ0v) is 11.5. The van der Waals surface area contributed by atoms with E-state index in [1.165, 1.54) is 6.42 Å². The maximum Gasteiger partial charge on any atom is 0.219 e. The van der Waals surface area contributed by atoms with E-state index in [0.717, 1.165) is 32.6 Å². The number of rotatable bonds is 6. The molecule has 1 heterocycles. The van der Waals surface area contributed by atoms with Crippen molar-refractivity contribution in [1.29, 1.82) is 0 Å². The first-order valence-electron chi connectivity index (χ1n) is 6.83. The van der Waals surface area contributed by atoms with Crippen LogP contribution in [0, 0.1) is 5.92 Å². The lowest BCUT2D eigenvalue weighted by Gasteiger charge is -2.37. The van der Waals surface area contributed by atoms with Gasteiger partial charge in [0.15, 0.2) is 0 Å². The van der Waals surface area contributed by atoms with Crippen LogP contribution < -0.4 is 10.6 Å². The largest absolute Gasteiger partial charge is 0.359 e. The van der Waals surface area contributed by atoms with Crippen LogP contribution in [0.4, 0.5) is 0 Å². The molecule has 4 heteroatoms. The van der Waals surface area contributed by atoms with Crippen LogP contribution in [-0.4, -0.2) is 50.1 Å². The Labute approximate surface area is 105 Å². The van der Waals surface area contributed by atoms with E-state index in [0.29, 0.717) is 18.4 Å². The summed E-state index contributed by atoms with van der Waals surface area (Å²) in [4.78, 5) is 13.6. The minimum Gasteiger partial charge on any atom is -0.359 e. The SMILES string of the molecule is CCNC1CCN(CCCC(=O)NC)CC1C. The highest BCUT2D eigenvalue weighted by Crippen LogP contribution is 2.17. The van der Waals surface area contributed by atoms with Gasteiger partial charge in [0.1, 0.15) is 0 Å². The van der Waals surface area contributed by atoms with Crippen LogP contribution in [0.1, 0.15) is 33.1 Å². The van der Waals surface area contributed by atoms with Gasteiger partial charge in [-0.25, -0.2) is 0 Å². The number of piperidine rings is 1. The van der Waals surface area contributed by atoms with E-state index in [4.69, 9.17) is 0 Å². The van der Waals surface area contributed by atoms with Crippen LogP contribution in [0.5, 0.6) is 0 Å². The lowest BCUT2D eigenvalue weighted by atomic mass is 9.93. The number of amides is 1. The Bertz CT molecular complexity index is 233. The molecule has 1 saturated heterocycles. The molecule has 0 bridgehead atoms. The second kappa shape index (κ2) is 7.67. The third-order valence-electron chi connectivity index (χ3n) is 3.61. The molecule has 0 aromatic carbocycles. The minimum absolute atomic E-state index is 0.153. The standard InChI is InChI=1S/C13H27N3O/c1-4-15-12-7-9-16(10-11(12)2)8-5-6-13(17)14-3/h11-12,15H,4-10H2,1-3H3,(H,14,17). The van der Waals surface area contributed by atoms with E-state index in [1.54, 1.807) is 7.05 Å². The maximum absolute atomic E-state index is 11.1. The normalized spacial score (nSPS) is 25.8. The second-order valence-electron chi connectivity index (χ2n) is 5.01. The van der Waals surface area contributed by atoms with Gasteiger partial charge >= 0.3 is 0 Å². The maximum atomic E-state index is 11.1. The highest BCUT2D eigenvalue weighted by molar-refractivity contribution is 5.75. The average molecular weight is 241 g/mol. The van der Waals surface area contributed by atoms with Crippen LogP contribution in [-0.2, 0) is 4.79 Å². The first-order valence-corrected chi connectivity index (χ1v) is 6.83. The van der Waals surface area contributed by atoms with E-state index in [-0.39, 0.29) is 5.91 Å². The molecule has 2 unspecified atom stereocenters. The van der Waals surface area contributed by atoms with Crippen LogP contribution in [0.3, 0.4) is 0 Å². The summed E-state index contributed by atoms with van der Waals surface area (Å²) in [6.45, 7) is 8.92. The number of hydrogen-bond acceptors (Lipinski definition) is 3. The molecule has 4 nitrogen and oxygen atoms in total. The summed E-state index contributed by atoms with van der Waals surface area (Å²) >= 11 is 0. The Hall–Kier alpha value is -0.610. The van der Waals surface area contributed by atoms with Crippen LogP contribution in [0.2, 0.25) is 0 Å². The van der Waals surface area contributed by atoms with E-state index in [9.17, 15) is 4.79 Å². The zero-order valence-electron chi connectivity index (χ0n) is 11.5. The minimum atomic E-state index is 0.153. The van der Waals surface area contributed by atoms with Gasteiger partial charge in [0.2, 0.25) is 5.91 Å². The van der Waals surface area contributed by atoms with Gasteiger partial charge < -0.3 is 15.5 Å². The first kappa shape index (κ1) is 14.5. The molecule has 0 radical (unpaired) electrons. The van der Waals surface area contributed by atoms with Crippen molar-refractivity contribution in [3.05, 3.63) is 0 Å². The molecular weight excluding hydrogens is 214 g/mol. The van der Waals surface area contributed by atoms with Crippen molar-refractivity contribution in [1.82, 2.24) is 15.5 Å². The predicted molar refractivity (Wildman–Crippen MR) is 71.0 cm³/mol. The molecule has 100 valence electrons. The molecule has 17 heavy (non-hydrogen) atoms. The number of hydrogen-bond donors (Lipinski definition) is 2. The average Bonchev–Trinajstić information content (AvgIpc) is 2.32. The van der Waals surface area contributed by atoms with Crippen molar-refractivity contribution < 1.29 is 4.79 Å². The molecular formula is C13H27N3O. The third kappa shape index (κ3) is 5.04. The summed E-state index contributed by atoms with van der Waals surface area (Å²) in [6.07, 6.45) is 2.85. The van der Waals surface area contributed by atoms with Gasteiger partial charge in [0.05, 0.1) is 0 Å². The Morgan fingerprint density at radius 1 is 1.47 bits per heavy atom. The fraction of sp³-hybridized carbons (Fsp3) is 0.923. The number of likely N-dealkylation sites (tertiary alicyclic amines) is 1. The molecule has 0 spiro atoms. The lowest BCUT2D eigenvalue weighted by molar-refractivity contribution is -0.120. The Kier molecular flexibility index (Phi) is 6.52. The van der Waals surface area contributed by atoms with Gasteiger partial charge in [-0.2, -0.15) is 0 Å². The zero-order chi connectivity index (χ0) is 12.7. The molecule has 0 saturated carbocycles. The van der Waals surface area contributed by atoms with Crippen molar-refractivity contribution in [2.24, 2.45) is 5.92 Å². The second-order valence-corrected chi connectivity index (χ2v) is 5.01. The molecule has 2 atom stereocenters. The van der Waals surface area contributed by atoms with Gasteiger partial charge in [-0.3, -0.25) is 4.79 Å². The highest BCUT2D eigenvalue weighted by Gasteiger charge is 2.24. The molecule has 0 aliphatic carbocycles. The highest BCUT2D eigenvalue weighted by atomic mass is 16.1. The first-order chi connectivity index (χ1) is 8.17. The molecule has 1 amide bonds. The summed E-state index contributed by atoms with van der Waals surface area (Å²) in [6, 6.07) is 0.676. The van der Waals surface area contributed by atoms with Crippen LogP contribution in [0.25, 0.3) is 0 Å². The van der Waals surface area contributed by atoms with Gasteiger partial charge in [-0.1, -0.05) is 13.8 Å². The van der Waals surface area contributed by atoms with Crippen molar-refractivity contribution in [2.75, 3.05) is 33.2 Å². The molecule has 1 fully saturated rings. The molecule has 0 aromatic heterocycles. The molecule has 2 N–H and O–H groups in total. The summed E-state index contributed by atoms with van der Waals surface area (Å²) in [5.74, 6) is 0.865. The topological polar surface area (TPSA) is 44.4 Å². The van der Waals surface area contributed by atoms with E-state index >= 15 is 0 Å². The van der Waals surface area contributed by atoms with Gasteiger partial charge in [0, 0.05) is 26.1 Å². The van der Waals surface area contributed by atoms with Crippen LogP contribution >= 0.6 is 0 Å². The smallest absolute Gasteiger partial charge is 0.219 e. The summed E-state index contributed by atoms with van der Waals surface area (Å²) in [5.41, 5.74) is 0. The third-order valence-corrected chi connectivity index (χ3v) is 3.61. The van der Waals surface area contributed by atoms with Crippen LogP contribution in [0.15, 0.2) is 0 Å². The number of carbonyl (C=O) groups is 1. The molecule has 1 rings (SSSR count). The fourth-order valence-corrected chi connectivity index (χ4v) is 2.59. The Morgan fingerprint density at radius 2 is 2.24 bits per heavy atom. The van der Waals surface area contributed by atoms with E-state index < -0.39 is 0 Å². The fourth-order valence-electron chi connectivity index (χ4n) is 2.59. The van der Waals surface area contributed by atoms with E-state index in [2.05, 4.69) is 29.4 Å². The van der Waals surface area contributed by atoms with E-state index in [1.807, 2.05) is 0 Å². The number of carbonyl (C=O) groups excluding carboxylic acids is 1. The number of nitrogens with zero attached hydrogens (tertiary/aromatic N) is 1. The summed E-state index contributed by atoms with van der Waals surface area (Å²) < 4.78 is 0. The Morgan fingerprint density at radius 3 is 2.82 bits per heavy atom. The van der Waals surface area contributed by atoms with Gasteiger partial charge in [-0.15, -0.1) is 0 Å². The summed E-state index contributed by atoms with van der Waals surface area (Å²) in [7, 11) is 1.70. The summed E-state index contributed by atoms with van der Waals surface area (Å²) in [5, 5.41) is 6.22.